The summed E-state index contributed by atoms with van der Waals surface area (Å²) in [6.07, 6.45) is 3.36. The summed E-state index contributed by atoms with van der Waals surface area (Å²) in [4.78, 5) is 21.8. The molecule has 9 heteroatoms. The summed E-state index contributed by atoms with van der Waals surface area (Å²) in [5.41, 5.74) is -0.413. The van der Waals surface area contributed by atoms with Crippen molar-refractivity contribution in [3.8, 4) is 18.2 Å². The summed E-state index contributed by atoms with van der Waals surface area (Å²) in [7, 11) is 0. The first-order valence-corrected chi connectivity index (χ1v) is 8.49. The first-order chi connectivity index (χ1) is 13.4. The quantitative estimate of drug-likeness (QED) is 0.795. The third-order valence-electron chi connectivity index (χ3n) is 4.18. The van der Waals surface area contributed by atoms with E-state index in [1.54, 1.807) is 12.1 Å². The Morgan fingerprint density at radius 3 is 2.71 bits per heavy atom. The molecule has 0 aromatic carbocycles. The molecule has 2 aromatic heterocycles. The highest BCUT2D eigenvalue weighted by molar-refractivity contribution is 5.94. The van der Waals surface area contributed by atoms with Gasteiger partial charge in [0.1, 0.15) is 11.9 Å². The predicted octanol–water partition coefficient (Wildman–Crippen LogP) is 2.52. The van der Waals surface area contributed by atoms with E-state index < -0.39 is 11.7 Å². The number of nitrogens with zero attached hydrogens (tertiary/aromatic N) is 3. The lowest BCUT2D eigenvalue weighted by Crippen LogP contribution is -2.26. The molecule has 1 unspecified atom stereocenters. The van der Waals surface area contributed by atoms with Crippen LogP contribution in [0.25, 0.3) is 0 Å². The Labute approximate surface area is 159 Å². The third-order valence-corrected chi connectivity index (χ3v) is 4.18. The van der Waals surface area contributed by atoms with Gasteiger partial charge >= 0.3 is 6.18 Å². The molecule has 1 N–H and O–H groups in total. The molecule has 28 heavy (non-hydrogen) atoms. The highest BCUT2D eigenvalue weighted by Gasteiger charge is 2.31. The van der Waals surface area contributed by atoms with Crippen LogP contribution >= 0.6 is 0 Å². The number of ether oxygens (including phenoxy) is 1. The average molecular weight is 390 g/mol. The first-order valence-electron chi connectivity index (χ1n) is 8.49. The van der Waals surface area contributed by atoms with Gasteiger partial charge in [-0.15, -0.1) is 6.42 Å². The first kappa shape index (κ1) is 19.5. The molecule has 0 bridgehead atoms. The Morgan fingerprint density at radius 1 is 1.29 bits per heavy atom. The molecular formula is C19H17F3N4O2. The molecule has 0 spiro atoms. The minimum atomic E-state index is -4.43. The number of pyridine rings is 2. The van der Waals surface area contributed by atoms with Gasteiger partial charge in [0.25, 0.3) is 5.91 Å². The number of hydrogen-bond acceptors (Lipinski definition) is 5. The number of hydrogen-bond donors (Lipinski definition) is 1. The van der Waals surface area contributed by atoms with Crippen LogP contribution in [0.4, 0.5) is 19.0 Å². The SMILES string of the molecule is C#CCNC(=O)c1ccc(N2CCC(Oc3ccc(C(F)(F)F)cn3)C2)nc1. The van der Waals surface area contributed by atoms with Crippen LogP contribution in [0, 0.1) is 12.3 Å². The van der Waals surface area contributed by atoms with Gasteiger partial charge < -0.3 is 15.0 Å². The highest BCUT2D eigenvalue weighted by atomic mass is 19.4. The van der Waals surface area contributed by atoms with Gasteiger partial charge in [-0.25, -0.2) is 9.97 Å². The Bertz CT molecular complexity index is 861. The molecule has 1 saturated heterocycles. The van der Waals surface area contributed by atoms with Crippen molar-refractivity contribution in [3.63, 3.8) is 0 Å². The van der Waals surface area contributed by atoms with E-state index in [-0.39, 0.29) is 24.4 Å². The van der Waals surface area contributed by atoms with Gasteiger partial charge in [-0.3, -0.25) is 4.79 Å². The number of alkyl halides is 3. The monoisotopic (exact) mass is 390 g/mol. The maximum Gasteiger partial charge on any atom is 0.417 e. The topological polar surface area (TPSA) is 67.4 Å². The summed E-state index contributed by atoms with van der Waals surface area (Å²) in [6, 6.07) is 5.54. The molecule has 6 nitrogen and oxygen atoms in total. The second kappa shape index (κ2) is 8.17. The largest absolute Gasteiger partial charge is 0.472 e. The van der Waals surface area contributed by atoms with E-state index in [1.165, 1.54) is 12.3 Å². The van der Waals surface area contributed by atoms with Gasteiger partial charge in [0, 0.05) is 31.4 Å². The van der Waals surface area contributed by atoms with E-state index in [1.807, 2.05) is 4.90 Å². The normalized spacial score (nSPS) is 16.5. The van der Waals surface area contributed by atoms with E-state index in [0.717, 1.165) is 12.3 Å². The molecule has 146 valence electrons. The molecule has 3 rings (SSSR count). The van der Waals surface area contributed by atoms with Gasteiger partial charge in [0.15, 0.2) is 0 Å². The standard InChI is InChI=1S/C19H17F3N4O2/c1-2-8-23-18(27)13-3-5-16(24-10-13)26-9-7-15(12-26)28-17-6-4-14(11-25-17)19(20,21)22/h1,3-6,10-11,15H,7-9,12H2,(H,23,27). The molecule has 0 radical (unpaired) electrons. The van der Waals surface area contributed by atoms with Gasteiger partial charge in [-0.1, -0.05) is 5.92 Å². The van der Waals surface area contributed by atoms with Crippen molar-refractivity contribution in [2.24, 2.45) is 0 Å². The van der Waals surface area contributed by atoms with Gasteiger partial charge in [0.05, 0.1) is 24.2 Å². The summed E-state index contributed by atoms with van der Waals surface area (Å²) in [5.74, 6) is 2.85. The lowest BCUT2D eigenvalue weighted by molar-refractivity contribution is -0.137. The zero-order chi connectivity index (χ0) is 20.1. The number of rotatable bonds is 5. The molecule has 1 aliphatic rings. The molecule has 0 saturated carbocycles. The Balaban J connectivity index is 1.56. The van der Waals surface area contributed by atoms with E-state index in [2.05, 4.69) is 21.2 Å². The molecule has 1 aliphatic heterocycles. The van der Waals surface area contributed by atoms with Crippen molar-refractivity contribution in [1.29, 1.82) is 0 Å². The number of terminal acetylenes is 1. The van der Waals surface area contributed by atoms with Crippen LogP contribution in [0.3, 0.4) is 0 Å². The molecular weight excluding hydrogens is 373 g/mol. The van der Waals surface area contributed by atoms with Gasteiger partial charge in [-0.2, -0.15) is 13.2 Å². The summed E-state index contributed by atoms with van der Waals surface area (Å²) in [5, 5.41) is 2.56. The van der Waals surface area contributed by atoms with E-state index in [0.29, 0.717) is 30.9 Å². The number of anilines is 1. The van der Waals surface area contributed by atoms with E-state index in [4.69, 9.17) is 11.2 Å². The van der Waals surface area contributed by atoms with Crippen LogP contribution in [-0.4, -0.2) is 41.6 Å². The van der Waals surface area contributed by atoms with Crippen LogP contribution in [-0.2, 0) is 6.18 Å². The van der Waals surface area contributed by atoms with Crippen molar-refractivity contribution in [1.82, 2.24) is 15.3 Å². The molecule has 1 fully saturated rings. The maximum absolute atomic E-state index is 12.6. The molecule has 2 aromatic rings. The Morgan fingerprint density at radius 2 is 2.11 bits per heavy atom. The minimum absolute atomic E-state index is 0.143. The van der Waals surface area contributed by atoms with Crippen molar-refractivity contribution < 1.29 is 22.7 Å². The molecule has 1 atom stereocenters. The summed E-state index contributed by atoms with van der Waals surface area (Å²) < 4.78 is 43.4. The van der Waals surface area contributed by atoms with Crippen molar-refractivity contribution in [2.75, 3.05) is 24.5 Å². The molecule has 3 heterocycles. The summed E-state index contributed by atoms with van der Waals surface area (Å²) in [6.45, 7) is 1.32. The average Bonchev–Trinajstić information content (AvgIpc) is 3.14. The lowest BCUT2D eigenvalue weighted by Gasteiger charge is -2.18. The zero-order valence-corrected chi connectivity index (χ0v) is 14.7. The summed E-state index contributed by atoms with van der Waals surface area (Å²) >= 11 is 0. The van der Waals surface area contributed by atoms with Crippen LogP contribution in [0.2, 0.25) is 0 Å². The van der Waals surface area contributed by atoms with Crippen LogP contribution < -0.4 is 15.0 Å². The minimum Gasteiger partial charge on any atom is -0.472 e. The van der Waals surface area contributed by atoms with Crippen LogP contribution in [0.1, 0.15) is 22.3 Å². The lowest BCUT2D eigenvalue weighted by atomic mass is 10.2. The van der Waals surface area contributed by atoms with E-state index in [9.17, 15) is 18.0 Å². The Kier molecular flexibility index (Phi) is 5.68. The van der Waals surface area contributed by atoms with Crippen LogP contribution in [0.15, 0.2) is 36.7 Å². The highest BCUT2D eigenvalue weighted by Crippen LogP contribution is 2.29. The smallest absolute Gasteiger partial charge is 0.417 e. The Hall–Kier alpha value is -3.28. The fourth-order valence-electron chi connectivity index (χ4n) is 2.76. The molecule has 0 aliphatic carbocycles. The number of amides is 1. The van der Waals surface area contributed by atoms with E-state index >= 15 is 0 Å². The number of nitrogens with one attached hydrogen (secondary N) is 1. The zero-order valence-electron chi connectivity index (χ0n) is 14.7. The predicted molar refractivity (Wildman–Crippen MR) is 95.9 cm³/mol. The second-order valence-electron chi connectivity index (χ2n) is 6.15. The van der Waals surface area contributed by atoms with Crippen LogP contribution in [0.5, 0.6) is 5.88 Å². The fraction of sp³-hybridized carbons (Fsp3) is 0.316. The number of carbonyl (C=O) groups excluding carboxylic acids is 1. The van der Waals surface area contributed by atoms with Crippen molar-refractivity contribution in [2.45, 2.75) is 18.7 Å². The fourth-order valence-corrected chi connectivity index (χ4v) is 2.76. The maximum atomic E-state index is 12.6. The van der Waals surface area contributed by atoms with Crippen molar-refractivity contribution >= 4 is 11.7 Å². The van der Waals surface area contributed by atoms with Gasteiger partial charge in [0.2, 0.25) is 5.88 Å². The number of halogens is 3. The van der Waals surface area contributed by atoms with Gasteiger partial charge in [-0.05, 0) is 18.2 Å². The van der Waals surface area contributed by atoms with Crippen molar-refractivity contribution in [3.05, 3.63) is 47.8 Å². The second-order valence-corrected chi connectivity index (χ2v) is 6.15. The third kappa shape index (κ3) is 4.71. The molecule has 1 amide bonds. The number of carbonyl (C=O) groups is 1. The number of aromatic nitrogens is 2.